The van der Waals surface area contributed by atoms with Crippen molar-refractivity contribution in [3.8, 4) is 11.4 Å². The summed E-state index contributed by atoms with van der Waals surface area (Å²) in [5, 5.41) is 13.3. The first-order chi connectivity index (χ1) is 10.3. The molecule has 1 heterocycles. The number of aromatic nitrogens is 4. The average Bonchev–Trinajstić information content (AvgIpc) is 3.00. The highest BCUT2D eigenvalue weighted by Gasteiger charge is 2.18. The van der Waals surface area contributed by atoms with E-state index in [1.807, 2.05) is 54.6 Å². The van der Waals surface area contributed by atoms with Crippen LogP contribution in [0, 0.1) is 0 Å². The fraction of sp³-hybridized carbons (Fsp3) is 0.133. The molecular weight excluding hydrogens is 286 g/mol. The number of benzene rings is 2. The lowest BCUT2D eigenvalue weighted by Gasteiger charge is -2.14. The van der Waals surface area contributed by atoms with Crippen LogP contribution in [0.2, 0.25) is 5.02 Å². The zero-order chi connectivity index (χ0) is 14.7. The molecule has 0 aliphatic heterocycles. The Kier molecular flexibility index (Phi) is 3.94. The minimum absolute atomic E-state index is 0.233. The highest BCUT2D eigenvalue weighted by molar-refractivity contribution is 6.31. The number of halogens is 1. The van der Waals surface area contributed by atoms with E-state index in [-0.39, 0.29) is 6.04 Å². The Balaban J connectivity index is 1.96. The standard InChI is InChI=1S/C15H14ClN5/c16-13-9-5-4-8-12(13)14(10-17)21-19-15(18-20-21)11-6-2-1-3-7-11/h1-9,14H,10,17H2. The summed E-state index contributed by atoms with van der Waals surface area (Å²) in [5.74, 6) is 0.570. The molecule has 0 saturated carbocycles. The van der Waals surface area contributed by atoms with Gasteiger partial charge in [0.25, 0.3) is 0 Å². The van der Waals surface area contributed by atoms with Crippen LogP contribution in [0.4, 0.5) is 0 Å². The van der Waals surface area contributed by atoms with Crippen LogP contribution in [-0.2, 0) is 0 Å². The van der Waals surface area contributed by atoms with Gasteiger partial charge in [-0.1, -0.05) is 60.1 Å². The lowest BCUT2D eigenvalue weighted by molar-refractivity contribution is 0.458. The van der Waals surface area contributed by atoms with E-state index in [4.69, 9.17) is 17.3 Å². The van der Waals surface area contributed by atoms with Crippen LogP contribution in [0.15, 0.2) is 54.6 Å². The molecule has 21 heavy (non-hydrogen) atoms. The van der Waals surface area contributed by atoms with Crippen molar-refractivity contribution in [2.24, 2.45) is 5.73 Å². The van der Waals surface area contributed by atoms with Crippen LogP contribution in [0.1, 0.15) is 11.6 Å². The van der Waals surface area contributed by atoms with Crippen LogP contribution >= 0.6 is 11.6 Å². The van der Waals surface area contributed by atoms with Crippen molar-refractivity contribution >= 4 is 11.6 Å². The number of nitrogens with zero attached hydrogens (tertiary/aromatic N) is 4. The second-order valence-corrected chi connectivity index (χ2v) is 4.98. The van der Waals surface area contributed by atoms with Crippen LogP contribution in [0.5, 0.6) is 0 Å². The molecule has 3 aromatic rings. The van der Waals surface area contributed by atoms with Gasteiger partial charge in [0.2, 0.25) is 5.82 Å². The first-order valence-electron chi connectivity index (χ1n) is 6.59. The van der Waals surface area contributed by atoms with E-state index in [0.29, 0.717) is 17.4 Å². The van der Waals surface area contributed by atoms with Crippen LogP contribution in [0.3, 0.4) is 0 Å². The molecule has 0 spiro atoms. The molecule has 0 radical (unpaired) electrons. The maximum absolute atomic E-state index is 6.23. The van der Waals surface area contributed by atoms with Gasteiger partial charge in [0.05, 0.1) is 0 Å². The first kappa shape index (κ1) is 13.7. The SMILES string of the molecule is NCC(c1ccccc1Cl)n1nnc(-c2ccccc2)n1. The summed E-state index contributed by atoms with van der Waals surface area (Å²) in [7, 11) is 0. The number of tetrazole rings is 1. The van der Waals surface area contributed by atoms with E-state index >= 15 is 0 Å². The Morgan fingerprint density at radius 1 is 1.05 bits per heavy atom. The number of nitrogens with two attached hydrogens (primary N) is 1. The second-order valence-electron chi connectivity index (χ2n) is 4.57. The molecule has 0 fully saturated rings. The number of rotatable bonds is 4. The summed E-state index contributed by atoms with van der Waals surface area (Å²) in [6.07, 6.45) is 0. The van der Waals surface area contributed by atoms with Gasteiger partial charge >= 0.3 is 0 Å². The van der Waals surface area contributed by atoms with Gasteiger partial charge in [0, 0.05) is 17.1 Å². The summed E-state index contributed by atoms with van der Waals surface area (Å²) in [5.41, 5.74) is 7.67. The number of hydrogen-bond donors (Lipinski definition) is 1. The minimum atomic E-state index is -0.233. The van der Waals surface area contributed by atoms with Crippen molar-refractivity contribution in [3.63, 3.8) is 0 Å². The fourth-order valence-electron chi connectivity index (χ4n) is 2.15. The molecule has 0 aliphatic carbocycles. The third-order valence-electron chi connectivity index (χ3n) is 3.23. The third-order valence-corrected chi connectivity index (χ3v) is 3.57. The summed E-state index contributed by atoms with van der Waals surface area (Å²) in [6, 6.07) is 17.0. The van der Waals surface area contributed by atoms with Crippen LogP contribution in [0.25, 0.3) is 11.4 Å². The normalized spacial score (nSPS) is 12.3. The molecule has 1 unspecified atom stereocenters. The summed E-state index contributed by atoms with van der Waals surface area (Å²) in [4.78, 5) is 1.52. The topological polar surface area (TPSA) is 69.6 Å². The van der Waals surface area contributed by atoms with Gasteiger partial charge in [0.15, 0.2) is 0 Å². The lowest BCUT2D eigenvalue weighted by Crippen LogP contribution is -2.23. The van der Waals surface area contributed by atoms with E-state index < -0.39 is 0 Å². The van der Waals surface area contributed by atoms with Gasteiger partial charge in [-0.05, 0) is 16.8 Å². The Bertz CT molecular complexity index is 726. The highest BCUT2D eigenvalue weighted by Crippen LogP contribution is 2.24. The average molecular weight is 300 g/mol. The molecular formula is C15H14ClN5. The van der Waals surface area contributed by atoms with E-state index in [1.54, 1.807) is 0 Å². The Labute approximate surface area is 127 Å². The predicted molar refractivity (Wildman–Crippen MR) is 81.9 cm³/mol. The zero-order valence-corrected chi connectivity index (χ0v) is 12.0. The third kappa shape index (κ3) is 2.79. The molecule has 0 saturated heterocycles. The van der Waals surface area contributed by atoms with Gasteiger partial charge in [-0.2, -0.15) is 4.80 Å². The summed E-state index contributed by atoms with van der Waals surface area (Å²) >= 11 is 6.23. The Morgan fingerprint density at radius 3 is 2.48 bits per heavy atom. The Morgan fingerprint density at radius 2 is 1.76 bits per heavy atom. The van der Waals surface area contributed by atoms with Gasteiger partial charge in [-0.3, -0.25) is 0 Å². The largest absolute Gasteiger partial charge is 0.328 e. The quantitative estimate of drug-likeness (QED) is 0.804. The fourth-order valence-corrected chi connectivity index (χ4v) is 2.41. The maximum atomic E-state index is 6.23. The smallest absolute Gasteiger partial charge is 0.204 e. The van der Waals surface area contributed by atoms with Gasteiger partial charge in [-0.25, -0.2) is 0 Å². The van der Waals surface area contributed by atoms with Crippen molar-refractivity contribution in [3.05, 3.63) is 65.2 Å². The summed E-state index contributed by atoms with van der Waals surface area (Å²) < 4.78 is 0. The monoisotopic (exact) mass is 299 g/mol. The molecule has 0 bridgehead atoms. The molecule has 5 nitrogen and oxygen atoms in total. The van der Waals surface area contributed by atoms with Gasteiger partial charge in [-0.15, -0.1) is 10.2 Å². The molecule has 2 N–H and O–H groups in total. The van der Waals surface area contributed by atoms with Crippen molar-refractivity contribution < 1.29 is 0 Å². The van der Waals surface area contributed by atoms with Crippen molar-refractivity contribution in [2.45, 2.75) is 6.04 Å². The zero-order valence-electron chi connectivity index (χ0n) is 11.2. The van der Waals surface area contributed by atoms with Crippen molar-refractivity contribution in [2.75, 3.05) is 6.54 Å². The van der Waals surface area contributed by atoms with Crippen molar-refractivity contribution in [1.82, 2.24) is 20.2 Å². The second kappa shape index (κ2) is 6.03. The molecule has 1 atom stereocenters. The molecule has 3 rings (SSSR count). The van der Waals surface area contributed by atoms with E-state index in [9.17, 15) is 0 Å². The number of hydrogen-bond acceptors (Lipinski definition) is 4. The molecule has 0 aliphatic rings. The van der Waals surface area contributed by atoms with Gasteiger partial charge in [0.1, 0.15) is 6.04 Å². The molecule has 2 aromatic carbocycles. The Hall–Kier alpha value is -2.24. The van der Waals surface area contributed by atoms with E-state index in [2.05, 4.69) is 15.4 Å². The van der Waals surface area contributed by atoms with E-state index in [1.165, 1.54) is 4.80 Å². The summed E-state index contributed by atoms with van der Waals surface area (Å²) in [6.45, 7) is 0.342. The lowest BCUT2D eigenvalue weighted by atomic mass is 10.1. The highest BCUT2D eigenvalue weighted by atomic mass is 35.5. The first-order valence-corrected chi connectivity index (χ1v) is 6.97. The van der Waals surface area contributed by atoms with Crippen LogP contribution < -0.4 is 5.73 Å². The molecule has 1 aromatic heterocycles. The van der Waals surface area contributed by atoms with Crippen molar-refractivity contribution in [1.29, 1.82) is 0 Å². The molecule has 6 heteroatoms. The molecule has 0 amide bonds. The molecule has 106 valence electrons. The minimum Gasteiger partial charge on any atom is -0.328 e. The maximum Gasteiger partial charge on any atom is 0.204 e. The van der Waals surface area contributed by atoms with E-state index in [0.717, 1.165) is 11.1 Å². The van der Waals surface area contributed by atoms with Crippen LogP contribution in [-0.4, -0.2) is 26.8 Å². The predicted octanol–water partition coefficient (Wildman–Crippen LogP) is 2.54. The van der Waals surface area contributed by atoms with Gasteiger partial charge < -0.3 is 5.73 Å².